The quantitative estimate of drug-likeness (QED) is 0.900. The lowest BCUT2D eigenvalue weighted by molar-refractivity contribution is 0.607. The molecule has 0 saturated carbocycles. The first kappa shape index (κ1) is 14.1. The first-order valence-corrected chi connectivity index (χ1v) is 8.93. The number of aryl methyl sites for hydroxylation is 1. The molecule has 1 nitrogen and oxygen atoms in total. The molecule has 1 aromatic carbocycles. The molecular formula is C16H18FNS2. The van der Waals surface area contributed by atoms with Crippen LogP contribution in [0.2, 0.25) is 0 Å². The van der Waals surface area contributed by atoms with Gasteiger partial charge in [-0.25, -0.2) is 4.39 Å². The van der Waals surface area contributed by atoms with Crippen molar-refractivity contribution in [2.24, 2.45) is 0 Å². The summed E-state index contributed by atoms with van der Waals surface area (Å²) in [4.78, 5) is 2.82. The van der Waals surface area contributed by atoms with Crippen LogP contribution >= 0.6 is 23.1 Å². The number of thioether (sulfide) groups is 1. The number of hydrogen-bond donors (Lipinski definition) is 1. The van der Waals surface area contributed by atoms with E-state index in [-0.39, 0.29) is 11.9 Å². The highest BCUT2D eigenvalue weighted by atomic mass is 32.2. The van der Waals surface area contributed by atoms with Gasteiger partial charge >= 0.3 is 0 Å². The number of hydrogen-bond acceptors (Lipinski definition) is 3. The Morgan fingerprint density at radius 3 is 3.00 bits per heavy atom. The van der Waals surface area contributed by atoms with Crippen molar-refractivity contribution in [2.75, 3.05) is 12.3 Å². The van der Waals surface area contributed by atoms with Crippen molar-refractivity contribution in [1.29, 1.82) is 0 Å². The standard InChI is InChI=1S/C16H18FNS2/c1-2-18-16(11-4-3-5-13(17)8-11)15-9-12-10-19-7-6-14(12)20-15/h3-5,8-9,16,18H,2,6-7,10H2,1H3. The molecule has 20 heavy (non-hydrogen) atoms. The van der Waals surface area contributed by atoms with Gasteiger partial charge in [0.05, 0.1) is 6.04 Å². The minimum atomic E-state index is -0.165. The molecule has 0 saturated heterocycles. The van der Waals surface area contributed by atoms with E-state index < -0.39 is 0 Å². The smallest absolute Gasteiger partial charge is 0.123 e. The second-order valence-corrected chi connectivity index (χ2v) is 7.22. The predicted molar refractivity (Wildman–Crippen MR) is 86.1 cm³/mol. The molecule has 1 aliphatic heterocycles. The van der Waals surface area contributed by atoms with Crippen molar-refractivity contribution in [3.63, 3.8) is 0 Å². The van der Waals surface area contributed by atoms with Crippen molar-refractivity contribution < 1.29 is 4.39 Å². The van der Waals surface area contributed by atoms with E-state index >= 15 is 0 Å². The second kappa shape index (κ2) is 6.29. The maximum Gasteiger partial charge on any atom is 0.123 e. The van der Waals surface area contributed by atoms with Gasteiger partial charge in [-0.3, -0.25) is 0 Å². The van der Waals surface area contributed by atoms with Crippen LogP contribution in [0.3, 0.4) is 0 Å². The largest absolute Gasteiger partial charge is 0.306 e. The van der Waals surface area contributed by atoms with Gasteiger partial charge in [-0.15, -0.1) is 11.3 Å². The summed E-state index contributed by atoms with van der Waals surface area (Å²) in [6, 6.07) is 9.35. The molecule has 0 fully saturated rings. The molecule has 4 heteroatoms. The Labute approximate surface area is 127 Å². The average Bonchev–Trinajstić information content (AvgIpc) is 2.88. The number of thiophene rings is 1. The Hall–Kier alpha value is -0.840. The summed E-state index contributed by atoms with van der Waals surface area (Å²) in [7, 11) is 0. The first-order chi connectivity index (χ1) is 9.78. The maximum atomic E-state index is 13.5. The molecule has 2 aromatic rings. The summed E-state index contributed by atoms with van der Waals surface area (Å²) in [5.41, 5.74) is 2.48. The highest BCUT2D eigenvalue weighted by molar-refractivity contribution is 7.98. The Kier molecular flexibility index (Phi) is 4.44. The second-order valence-electron chi connectivity index (χ2n) is 4.95. The van der Waals surface area contributed by atoms with Gasteiger partial charge in [0.1, 0.15) is 5.82 Å². The van der Waals surface area contributed by atoms with Gasteiger partial charge in [-0.1, -0.05) is 19.1 Å². The van der Waals surface area contributed by atoms with Crippen molar-refractivity contribution in [3.05, 3.63) is 57.0 Å². The Morgan fingerprint density at radius 1 is 1.35 bits per heavy atom. The van der Waals surface area contributed by atoms with Crippen LogP contribution in [0.1, 0.15) is 33.8 Å². The fourth-order valence-corrected chi connectivity index (χ4v) is 5.07. The molecule has 0 spiro atoms. The van der Waals surface area contributed by atoms with Crippen LogP contribution in [0.25, 0.3) is 0 Å². The highest BCUT2D eigenvalue weighted by Gasteiger charge is 2.20. The van der Waals surface area contributed by atoms with Gasteiger partial charge in [0.25, 0.3) is 0 Å². The van der Waals surface area contributed by atoms with E-state index in [2.05, 4.69) is 18.3 Å². The lowest BCUT2D eigenvalue weighted by Gasteiger charge is -2.17. The number of fused-ring (bicyclic) bond motifs is 1. The molecule has 1 aliphatic rings. The van der Waals surface area contributed by atoms with Crippen LogP contribution in [0.15, 0.2) is 30.3 Å². The highest BCUT2D eigenvalue weighted by Crippen LogP contribution is 2.36. The third kappa shape index (κ3) is 2.92. The molecule has 1 N–H and O–H groups in total. The summed E-state index contributed by atoms with van der Waals surface area (Å²) in [5.74, 6) is 2.18. The fourth-order valence-electron chi connectivity index (χ4n) is 2.59. The summed E-state index contributed by atoms with van der Waals surface area (Å²) in [5, 5.41) is 3.49. The van der Waals surface area contributed by atoms with Gasteiger partial charge in [-0.05, 0) is 48.0 Å². The molecule has 1 atom stereocenters. The summed E-state index contributed by atoms with van der Waals surface area (Å²) in [6.45, 7) is 2.97. The number of halogens is 1. The van der Waals surface area contributed by atoms with Crippen molar-refractivity contribution in [1.82, 2.24) is 5.32 Å². The van der Waals surface area contributed by atoms with E-state index in [1.54, 1.807) is 12.1 Å². The lowest BCUT2D eigenvalue weighted by Crippen LogP contribution is -2.21. The molecule has 106 valence electrons. The normalized spacial score (nSPS) is 15.9. The molecular weight excluding hydrogens is 289 g/mol. The minimum Gasteiger partial charge on any atom is -0.306 e. The van der Waals surface area contributed by atoms with Crippen LogP contribution in [0, 0.1) is 5.82 Å². The van der Waals surface area contributed by atoms with Crippen LogP contribution in [0.4, 0.5) is 4.39 Å². The van der Waals surface area contributed by atoms with E-state index in [0.29, 0.717) is 0 Å². The number of rotatable bonds is 4. The van der Waals surface area contributed by atoms with Crippen LogP contribution in [0.5, 0.6) is 0 Å². The fraction of sp³-hybridized carbons (Fsp3) is 0.375. The topological polar surface area (TPSA) is 12.0 Å². The van der Waals surface area contributed by atoms with Gasteiger partial charge in [0.2, 0.25) is 0 Å². The maximum absolute atomic E-state index is 13.5. The van der Waals surface area contributed by atoms with Crippen LogP contribution in [-0.2, 0) is 12.2 Å². The molecule has 1 aromatic heterocycles. The SMILES string of the molecule is CCNC(c1cccc(F)c1)c1cc2c(s1)CCSC2. The van der Waals surface area contributed by atoms with Gasteiger partial charge < -0.3 is 5.32 Å². The zero-order chi connectivity index (χ0) is 13.9. The molecule has 3 rings (SSSR count). The van der Waals surface area contributed by atoms with Crippen LogP contribution in [-0.4, -0.2) is 12.3 Å². The molecule has 0 radical (unpaired) electrons. The predicted octanol–water partition coefficient (Wildman–Crippen LogP) is 4.38. The number of benzene rings is 1. The van der Waals surface area contributed by atoms with Gasteiger partial charge in [0, 0.05) is 15.5 Å². The molecule has 0 bridgehead atoms. The summed E-state index contributed by atoms with van der Waals surface area (Å²) >= 11 is 3.89. The van der Waals surface area contributed by atoms with E-state index in [4.69, 9.17) is 0 Å². The van der Waals surface area contributed by atoms with E-state index in [0.717, 1.165) is 17.9 Å². The van der Waals surface area contributed by atoms with Crippen molar-refractivity contribution in [3.8, 4) is 0 Å². The Morgan fingerprint density at radius 2 is 2.25 bits per heavy atom. The minimum absolute atomic E-state index is 0.108. The summed E-state index contributed by atoms with van der Waals surface area (Å²) in [6.07, 6.45) is 1.17. The molecule has 0 aliphatic carbocycles. The molecule has 2 heterocycles. The Balaban J connectivity index is 1.95. The zero-order valence-electron chi connectivity index (χ0n) is 11.5. The Bertz CT molecular complexity index is 570. The van der Waals surface area contributed by atoms with Gasteiger partial charge in [-0.2, -0.15) is 11.8 Å². The molecule has 0 amide bonds. The lowest BCUT2D eigenvalue weighted by atomic mass is 10.0. The first-order valence-electron chi connectivity index (χ1n) is 6.96. The monoisotopic (exact) mass is 307 g/mol. The third-order valence-electron chi connectivity index (χ3n) is 3.52. The third-order valence-corrected chi connectivity index (χ3v) is 5.83. The van der Waals surface area contributed by atoms with Crippen molar-refractivity contribution >= 4 is 23.1 Å². The van der Waals surface area contributed by atoms with Crippen molar-refractivity contribution in [2.45, 2.75) is 25.1 Å². The van der Waals surface area contributed by atoms with Gasteiger partial charge in [0.15, 0.2) is 0 Å². The average molecular weight is 307 g/mol. The van der Waals surface area contributed by atoms with E-state index in [9.17, 15) is 4.39 Å². The molecule has 1 unspecified atom stereocenters. The van der Waals surface area contributed by atoms with E-state index in [1.807, 2.05) is 29.2 Å². The number of nitrogens with one attached hydrogen (secondary N) is 1. The van der Waals surface area contributed by atoms with Crippen LogP contribution < -0.4 is 5.32 Å². The van der Waals surface area contributed by atoms with E-state index in [1.165, 1.54) is 33.6 Å². The zero-order valence-corrected chi connectivity index (χ0v) is 13.1. The summed E-state index contributed by atoms with van der Waals surface area (Å²) < 4.78 is 13.5.